The molecule has 0 heterocycles. The van der Waals surface area contributed by atoms with Crippen molar-refractivity contribution in [2.24, 2.45) is 5.41 Å². The number of hydrogen-bond donors (Lipinski definition) is 0. The van der Waals surface area contributed by atoms with Gasteiger partial charge in [-0.15, -0.1) is 0 Å². The normalized spacial score (nSPS) is 13.6. The van der Waals surface area contributed by atoms with E-state index in [1.807, 2.05) is 0 Å². The Balaban J connectivity index is 5.50. The van der Waals surface area contributed by atoms with Gasteiger partial charge in [-0.3, -0.25) is 0 Å². The summed E-state index contributed by atoms with van der Waals surface area (Å²) < 4.78 is 6.21. The number of nitrogens with zero attached hydrogens (tertiary/aromatic N) is 3. The molecule has 4 nitrogen and oxygen atoms in total. The van der Waals surface area contributed by atoms with E-state index in [2.05, 4.69) is 76.6 Å². The molecule has 0 saturated heterocycles. The van der Waals surface area contributed by atoms with Crippen LogP contribution < -0.4 is 0 Å². The first-order valence-electron chi connectivity index (χ1n) is 9.33. The second kappa shape index (κ2) is 10.8. The van der Waals surface area contributed by atoms with E-state index in [1.54, 1.807) is 0 Å². The van der Waals surface area contributed by atoms with E-state index in [9.17, 15) is 0 Å². The molecule has 0 fully saturated rings. The maximum atomic E-state index is 6.21. The van der Waals surface area contributed by atoms with Gasteiger partial charge < -0.3 is 19.1 Å². The van der Waals surface area contributed by atoms with Gasteiger partial charge in [-0.25, -0.2) is 0 Å². The molecule has 0 aliphatic rings. The van der Waals surface area contributed by atoms with Crippen molar-refractivity contribution < 1.29 is 4.43 Å². The minimum Gasteiger partial charge on any atom is -0.418 e. The van der Waals surface area contributed by atoms with Crippen LogP contribution in [0.25, 0.3) is 0 Å². The van der Waals surface area contributed by atoms with Crippen LogP contribution in [0.3, 0.4) is 0 Å². The highest BCUT2D eigenvalue weighted by Gasteiger charge is 2.40. The van der Waals surface area contributed by atoms with Crippen LogP contribution in [0.15, 0.2) is 0 Å². The van der Waals surface area contributed by atoms with Crippen LogP contribution >= 0.6 is 0 Å². The van der Waals surface area contributed by atoms with E-state index in [0.29, 0.717) is 0 Å². The maximum absolute atomic E-state index is 6.21. The zero-order chi connectivity index (χ0) is 18.1. The average Bonchev–Trinajstić information content (AvgIpc) is 2.45. The highest BCUT2D eigenvalue weighted by molar-refractivity contribution is 6.71. The first kappa shape index (κ1) is 23.1. The maximum Gasteiger partial charge on any atom is 0.187 e. The third-order valence-electron chi connectivity index (χ3n) is 4.77. The van der Waals surface area contributed by atoms with Crippen LogP contribution in [0, 0.1) is 5.41 Å². The second-order valence-corrected chi connectivity index (χ2v) is 12.0. The van der Waals surface area contributed by atoms with Gasteiger partial charge in [0.1, 0.15) is 0 Å². The smallest absolute Gasteiger partial charge is 0.187 e. The number of hydrogen-bond acceptors (Lipinski definition) is 4. The van der Waals surface area contributed by atoms with Gasteiger partial charge >= 0.3 is 0 Å². The van der Waals surface area contributed by atoms with Crippen molar-refractivity contribution in [3.63, 3.8) is 0 Å². The fourth-order valence-electron chi connectivity index (χ4n) is 3.72. The monoisotopic (exact) mass is 345 g/mol. The van der Waals surface area contributed by atoms with Crippen molar-refractivity contribution in [2.45, 2.75) is 46.8 Å². The third-order valence-corrected chi connectivity index (χ3v) is 7.44. The fraction of sp³-hybridized carbons (Fsp3) is 1.00. The van der Waals surface area contributed by atoms with Gasteiger partial charge in [0, 0.05) is 31.7 Å². The van der Waals surface area contributed by atoms with Crippen molar-refractivity contribution in [2.75, 3.05) is 67.0 Å². The third kappa shape index (κ3) is 9.20. The second-order valence-electron chi connectivity index (χ2n) is 7.86. The standard InChI is InChI=1S/C18H43N3OSi/c1-10-19(5)14-18(15-20(6)11-2,16-21(7)12-3)17-23(8,9)22-13-4/h10-17H2,1-9H3. The van der Waals surface area contributed by atoms with Gasteiger partial charge in [0.2, 0.25) is 0 Å². The van der Waals surface area contributed by atoms with E-state index in [0.717, 1.165) is 45.9 Å². The van der Waals surface area contributed by atoms with Crippen molar-refractivity contribution >= 4 is 8.32 Å². The summed E-state index contributed by atoms with van der Waals surface area (Å²) in [5.41, 5.74) is 0.269. The summed E-state index contributed by atoms with van der Waals surface area (Å²) in [5.74, 6) is 0. The minimum absolute atomic E-state index is 0.269. The molecule has 0 spiro atoms. The van der Waals surface area contributed by atoms with E-state index < -0.39 is 8.32 Å². The molecule has 0 aromatic rings. The van der Waals surface area contributed by atoms with Gasteiger partial charge in [-0.1, -0.05) is 20.8 Å². The minimum atomic E-state index is -1.66. The van der Waals surface area contributed by atoms with Crippen molar-refractivity contribution in [3.8, 4) is 0 Å². The SMILES string of the molecule is CCO[Si](C)(C)CC(CN(C)CC)(CN(C)CC)CN(C)CC. The van der Waals surface area contributed by atoms with Crippen molar-refractivity contribution in [1.29, 1.82) is 0 Å². The predicted molar refractivity (Wildman–Crippen MR) is 106 cm³/mol. The topological polar surface area (TPSA) is 19.0 Å². The van der Waals surface area contributed by atoms with Crippen LogP contribution in [-0.4, -0.2) is 90.0 Å². The molecule has 0 saturated carbocycles. The van der Waals surface area contributed by atoms with Crippen LogP contribution in [0.1, 0.15) is 27.7 Å². The first-order chi connectivity index (χ1) is 10.6. The number of rotatable bonds is 13. The predicted octanol–water partition coefficient (Wildman–Crippen LogP) is 3.07. The lowest BCUT2D eigenvalue weighted by Gasteiger charge is -2.45. The van der Waals surface area contributed by atoms with Gasteiger partial charge in [-0.2, -0.15) is 0 Å². The summed E-state index contributed by atoms with van der Waals surface area (Å²) >= 11 is 0. The Bertz CT molecular complexity index is 281. The quantitative estimate of drug-likeness (QED) is 0.478. The molecule has 140 valence electrons. The molecule has 23 heavy (non-hydrogen) atoms. The Morgan fingerprint density at radius 3 is 1.35 bits per heavy atom. The largest absolute Gasteiger partial charge is 0.418 e. The average molecular weight is 346 g/mol. The molecule has 0 atom stereocenters. The summed E-state index contributed by atoms with van der Waals surface area (Å²) in [4.78, 5) is 7.43. The molecular weight excluding hydrogens is 302 g/mol. The lowest BCUT2D eigenvalue weighted by Crippen LogP contribution is -2.53. The highest BCUT2D eigenvalue weighted by Crippen LogP contribution is 2.33. The summed E-state index contributed by atoms with van der Waals surface area (Å²) in [6.07, 6.45) is 0. The van der Waals surface area contributed by atoms with E-state index in [4.69, 9.17) is 4.43 Å². The van der Waals surface area contributed by atoms with E-state index in [1.165, 1.54) is 6.04 Å². The molecule has 0 aliphatic heterocycles. The lowest BCUT2D eigenvalue weighted by atomic mass is 9.88. The highest BCUT2D eigenvalue weighted by atomic mass is 28.4. The van der Waals surface area contributed by atoms with Crippen molar-refractivity contribution in [3.05, 3.63) is 0 Å². The fourth-order valence-corrected chi connectivity index (χ4v) is 6.74. The van der Waals surface area contributed by atoms with Crippen molar-refractivity contribution in [1.82, 2.24) is 14.7 Å². The molecule has 0 aliphatic carbocycles. The van der Waals surface area contributed by atoms with Gasteiger partial charge in [0.05, 0.1) is 0 Å². The Kier molecular flexibility index (Phi) is 10.9. The van der Waals surface area contributed by atoms with Gasteiger partial charge in [-0.05, 0) is 66.8 Å². The zero-order valence-electron chi connectivity index (χ0n) is 17.4. The van der Waals surface area contributed by atoms with Crippen LogP contribution in [0.2, 0.25) is 19.1 Å². The molecule has 0 amide bonds. The van der Waals surface area contributed by atoms with Gasteiger partial charge in [0.15, 0.2) is 8.32 Å². The first-order valence-corrected chi connectivity index (χ1v) is 12.4. The molecule has 0 bridgehead atoms. The molecular formula is C18H43N3OSi. The van der Waals surface area contributed by atoms with Crippen LogP contribution in [0.5, 0.6) is 0 Å². The van der Waals surface area contributed by atoms with E-state index in [-0.39, 0.29) is 5.41 Å². The Morgan fingerprint density at radius 2 is 1.09 bits per heavy atom. The van der Waals surface area contributed by atoms with E-state index >= 15 is 0 Å². The lowest BCUT2D eigenvalue weighted by molar-refractivity contribution is 0.0943. The molecule has 0 aromatic heterocycles. The summed E-state index contributed by atoms with van der Waals surface area (Å²) in [7, 11) is 5.10. The van der Waals surface area contributed by atoms with Crippen LogP contribution in [-0.2, 0) is 4.43 Å². The zero-order valence-corrected chi connectivity index (χ0v) is 18.4. The summed E-state index contributed by atoms with van der Waals surface area (Å²) in [6.45, 7) is 21.2. The van der Waals surface area contributed by atoms with Gasteiger partial charge in [0.25, 0.3) is 0 Å². The molecule has 0 rings (SSSR count). The summed E-state index contributed by atoms with van der Waals surface area (Å²) in [5, 5.41) is 0. The van der Waals surface area contributed by atoms with Crippen LogP contribution in [0.4, 0.5) is 0 Å². The molecule has 0 N–H and O–H groups in total. The Labute approximate surface area is 147 Å². The Hall–Kier alpha value is 0.0569. The molecule has 0 aromatic carbocycles. The Morgan fingerprint density at radius 1 is 0.739 bits per heavy atom. The molecule has 0 radical (unpaired) electrons. The molecule has 0 unspecified atom stereocenters. The summed E-state index contributed by atoms with van der Waals surface area (Å²) in [6, 6.07) is 1.22. The molecule has 5 heteroatoms.